The van der Waals surface area contributed by atoms with Crippen LogP contribution in [0.15, 0.2) is 58.3 Å². The highest BCUT2D eigenvalue weighted by molar-refractivity contribution is 7.85. The van der Waals surface area contributed by atoms with Gasteiger partial charge in [-0.1, -0.05) is 18.2 Å². The monoisotopic (exact) mass is 238 g/mol. The molecule has 2 aromatic carbocycles. The molecule has 0 N–H and O–H groups in total. The topological polar surface area (TPSA) is 17.1 Å². The Morgan fingerprint density at radius 3 is 2.38 bits per heavy atom. The number of rotatable bonds is 2. The zero-order chi connectivity index (χ0) is 11.5. The second kappa shape index (κ2) is 4.53. The van der Waals surface area contributed by atoms with E-state index in [0.717, 1.165) is 6.07 Å². The van der Waals surface area contributed by atoms with E-state index in [1.165, 1.54) is 36.4 Å². The first kappa shape index (κ1) is 11.0. The van der Waals surface area contributed by atoms with E-state index in [1.807, 2.05) is 0 Å². The van der Waals surface area contributed by atoms with Crippen LogP contribution in [0, 0.1) is 11.6 Å². The Balaban J connectivity index is 2.44. The van der Waals surface area contributed by atoms with Crippen LogP contribution in [-0.4, -0.2) is 4.21 Å². The normalized spacial score (nSPS) is 12.4. The molecule has 2 aromatic rings. The van der Waals surface area contributed by atoms with Crippen LogP contribution < -0.4 is 0 Å². The van der Waals surface area contributed by atoms with Crippen molar-refractivity contribution < 1.29 is 13.0 Å². The molecule has 2 rings (SSSR count). The molecule has 0 aliphatic heterocycles. The Kier molecular flexibility index (Phi) is 3.10. The van der Waals surface area contributed by atoms with Crippen molar-refractivity contribution in [3.05, 3.63) is 60.2 Å². The molecule has 4 heteroatoms. The van der Waals surface area contributed by atoms with Gasteiger partial charge >= 0.3 is 0 Å². The fourth-order valence-electron chi connectivity index (χ4n) is 1.30. The second-order valence-corrected chi connectivity index (χ2v) is 4.61. The SMILES string of the molecule is O=S(c1cccc(F)c1)c1ccccc1F. The molecule has 0 spiro atoms. The summed E-state index contributed by atoms with van der Waals surface area (Å²) in [7, 11) is -1.68. The zero-order valence-corrected chi connectivity index (χ0v) is 9.01. The van der Waals surface area contributed by atoms with Crippen molar-refractivity contribution in [2.75, 3.05) is 0 Å². The molecule has 0 aliphatic rings. The van der Waals surface area contributed by atoms with Crippen molar-refractivity contribution in [2.45, 2.75) is 9.79 Å². The molecule has 0 radical (unpaired) electrons. The third-order valence-corrected chi connectivity index (χ3v) is 3.46. The first-order valence-corrected chi connectivity index (χ1v) is 5.75. The van der Waals surface area contributed by atoms with Gasteiger partial charge in [0.1, 0.15) is 11.6 Å². The molecule has 82 valence electrons. The third kappa shape index (κ3) is 2.17. The quantitative estimate of drug-likeness (QED) is 0.785. The molecular weight excluding hydrogens is 230 g/mol. The van der Waals surface area contributed by atoms with Crippen molar-refractivity contribution in [1.29, 1.82) is 0 Å². The van der Waals surface area contributed by atoms with Gasteiger partial charge in [-0.05, 0) is 30.3 Å². The molecule has 0 aliphatic carbocycles. The van der Waals surface area contributed by atoms with E-state index in [4.69, 9.17) is 0 Å². The highest BCUT2D eigenvalue weighted by Gasteiger charge is 2.11. The Bertz CT molecular complexity index is 540. The first-order chi connectivity index (χ1) is 7.68. The van der Waals surface area contributed by atoms with E-state index in [2.05, 4.69) is 0 Å². The predicted molar refractivity (Wildman–Crippen MR) is 57.5 cm³/mol. The van der Waals surface area contributed by atoms with E-state index >= 15 is 0 Å². The highest BCUT2D eigenvalue weighted by Crippen LogP contribution is 2.19. The van der Waals surface area contributed by atoms with Gasteiger partial charge in [0.05, 0.1) is 15.7 Å². The Labute approximate surface area is 94.2 Å². The molecule has 1 unspecified atom stereocenters. The van der Waals surface area contributed by atoms with Crippen molar-refractivity contribution >= 4 is 10.8 Å². The summed E-state index contributed by atoms with van der Waals surface area (Å²) >= 11 is 0. The summed E-state index contributed by atoms with van der Waals surface area (Å²) in [6.07, 6.45) is 0. The Morgan fingerprint density at radius 2 is 1.69 bits per heavy atom. The van der Waals surface area contributed by atoms with Gasteiger partial charge in [-0.2, -0.15) is 0 Å². The molecule has 0 aromatic heterocycles. The highest BCUT2D eigenvalue weighted by atomic mass is 32.2. The summed E-state index contributed by atoms with van der Waals surface area (Å²) < 4.78 is 38.2. The summed E-state index contributed by atoms with van der Waals surface area (Å²) in [5.41, 5.74) is 0. The van der Waals surface area contributed by atoms with Gasteiger partial charge in [-0.25, -0.2) is 13.0 Å². The van der Waals surface area contributed by atoms with Gasteiger partial charge in [0.25, 0.3) is 0 Å². The molecule has 0 saturated carbocycles. The van der Waals surface area contributed by atoms with Crippen LogP contribution in [0.25, 0.3) is 0 Å². The summed E-state index contributed by atoms with van der Waals surface area (Å²) in [5.74, 6) is -1.03. The van der Waals surface area contributed by atoms with Gasteiger partial charge in [-0.3, -0.25) is 0 Å². The van der Waals surface area contributed by atoms with E-state index in [0.29, 0.717) is 0 Å². The van der Waals surface area contributed by atoms with Crippen LogP contribution in [-0.2, 0) is 10.8 Å². The van der Waals surface area contributed by atoms with Crippen LogP contribution in [0.5, 0.6) is 0 Å². The van der Waals surface area contributed by atoms with E-state index in [9.17, 15) is 13.0 Å². The van der Waals surface area contributed by atoms with Crippen LogP contribution in [0.1, 0.15) is 0 Å². The fourth-order valence-corrected chi connectivity index (χ4v) is 2.43. The number of hydrogen-bond acceptors (Lipinski definition) is 1. The minimum Gasteiger partial charge on any atom is -0.249 e. The van der Waals surface area contributed by atoms with Crippen molar-refractivity contribution in [3.63, 3.8) is 0 Å². The minimum atomic E-state index is -1.68. The smallest absolute Gasteiger partial charge is 0.139 e. The van der Waals surface area contributed by atoms with E-state index in [1.54, 1.807) is 6.07 Å². The van der Waals surface area contributed by atoms with Crippen LogP contribution in [0.3, 0.4) is 0 Å². The number of benzene rings is 2. The first-order valence-electron chi connectivity index (χ1n) is 4.60. The van der Waals surface area contributed by atoms with Crippen molar-refractivity contribution in [2.24, 2.45) is 0 Å². The molecule has 0 heterocycles. The third-order valence-electron chi connectivity index (χ3n) is 2.05. The average molecular weight is 238 g/mol. The molecular formula is C12H8F2OS. The molecule has 16 heavy (non-hydrogen) atoms. The summed E-state index contributed by atoms with van der Waals surface area (Å²) in [4.78, 5) is 0.318. The lowest BCUT2D eigenvalue weighted by molar-refractivity contribution is 0.594. The number of hydrogen-bond donors (Lipinski definition) is 0. The van der Waals surface area contributed by atoms with Crippen LogP contribution in [0.4, 0.5) is 8.78 Å². The average Bonchev–Trinajstić information content (AvgIpc) is 2.29. The summed E-state index contributed by atoms with van der Waals surface area (Å²) in [5, 5.41) is 0. The largest absolute Gasteiger partial charge is 0.249 e. The Hall–Kier alpha value is -1.55. The van der Waals surface area contributed by atoms with Gasteiger partial charge in [0, 0.05) is 4.90 Å². The van der Waals surface area contributed by atoms with Gasteiger partial charge in [0.2, 0.25) is 0 Å². The molecule has 1 nitrogen and oxygen atoms in total. The van der Waals surface area contributed by atoms with Crippen LogP contribution >= 0.6 is 0 Å². The standard InChI is InChI=1S/C12H8F2OS/c13-9-4-3-5-10(8-9)16(15)12-7-2-1-6-11(12)14/h1-8H. The van der Waals surface area contributed by atoms with Crippen molar-refractivity contribution in [3.8, 4) is 0 Å². The zero-order valence-electron chi connectivity index (χ0n) is 8.19. The lowest BCUT2D eigenvalue weighted by Gasteiger charge is -2.03. The Morgan fingerprint density at radius 1 is 0.938 bits per heavy atom. The summed E-state index contributed by atoms with van der Waals surface area (Å²) in [6, 6.07) is 11.1. The predicted octanol–water partition coefficient (Wildman–Crippen LogP) is 3.13. The molecule has 0 fully saturated rings. The lowest BCUT2D eigenvalue weighted by atomic mass is 10.3. The lowest BCUT2D eigenvalue weighted by Crippen LogP contribution is -1.96. The fraction of sp³-hybridized carbons (Fsp3) is 0. The second-order valence-electron chi connectivity index (χ2n) is 3.16. The molecule has 0 bridgehead atoms. The maximum absolute atomic E-state index is 13.3. The molecule has 1 atom stereocenters. The number of halogens is 2. The van der Waals surface area contributed by atoms with E-state index in [-0.39, 0.29) is 9.79 Å². The van der Waals surface area contributed by atoms with E-state index < -0.39 is 22.4 Å². The summed E-state index contributed by atoms with van der Waals surface area (Å²) in [6.45, 7) is 0. The van der Waals surface area contributed by atoms with Gasteiger partial charge < -0.3 is 0 Å². The molecule has 0 saturated heterocycles. The molecule has 0 amide bonds. The van der Waals surface area contributed by atoms with Gasteiger partial charge in [0.15, 0.2) is 0 Å². The van der Waals surface area contributed by atoms with Crippen LogP contribution in [0.2, 0.25) is 0 Å². The maximum Gasteiger partial charge on any atom is 0.139 e. The van der Waals surface area contributed by atoms with Crippen molar-refractivity contribution in [1.82, 2.24) is 0 Å². The maximum atomic E-state index is 13.3. The van der Waals surface area contributed by atoms with Gasteiger partial charge in [-0.15, -0.1) is 0 Å². The minimum absolute atomic E-state index is 0.0631.